The van der Waals surface area contributed by atoms with Crippen LogP contribution >= 0.6 is 0 Å². The smallest absolute Gasteiger partial charge is 0.330 e. The van der Waals surface area contributed by atoms with Crippen LogP contribution in [0.25, 0.3) is 22.2 Å². The number of anilines is 1. The Kier molecular flexibility index (Phi) is 3.85. The van der Waals surface area contributed by atoms with Gasteiger partial charge in [0.15, 0.2) is 11.2 Å². The Morgan fingerprint density at radius 3 is 2.65 bits per heavy atom. The molecule has 0 amide bonds. The van der Waals surface area contributed by atoms with Crippen molar-refractivity contribution in [3.63, 3.8) is 0 Å². The third-order valence-corrected chi connectivity index (χ3v) is 3.82. The van der Waals surface area contributed by atoms with Gasteiger partial charge in [-0.15, -0.1) is 0 Å². The van der Waals surface area contributed by atoms with E-state index in [-0.39, 0.29) is 16.7 Å². The lowest BCUT2D eigenvalue weighted by atomic mass is 10.2. The molecule has 3 rings (SSSR count). The molecule has 7 heteroatoms. The predicted octanol–water partition coefficient (Wildman–Crippen LogP) is 1.50. The minimum absolute atomic E-state index is 0.200. The maximum absolute atomic E-state index is 12.5. The molecule has 0 aliphatic carbocycles. The maximum Gasteiger partial charge on any atom is 0.330 e. The summed E-state index contributed by atoms with van der Waals surface area (Å²) in [6.45, 7) is 2.40. The molecule has 0 radical (unpaired) electrons. The lowest BCUT2D eigenvalue weighted by Gasteiger charge is -2.12. The van der Waals surface area contributed by atoms with E-state index in [4.69, 9.17) is 0 Å². The van der Waals surface area contributed by atoms with Gasteiger partial charge in [0.1, 0.15) is 0 Å². The van der Waals surface area contributed by atoms with Gasteiger partial charge >= 0.3 is 5.69 Å². The molecule has 0 aliphatic heterocycles. The van der Waals surface area contributed by atoms with Crippen LogP contribution in [0.5, 0.6) is 0 Å². The van der Waals surface area contributed by atoms with Crippen LogP contribution in [0, 0.1) is 0 Å². The van der Waals surface area contributed by atoms with Gasteiger partial charge < -0.3 is 4.90 Å². The molecule has 2 aromatic heterocycles. The predicted molar refractivity (Wildman–Crippen MR) is 91.2 cm³/mol. The normalized spacial score (nSPS) is 11.3. The topological polar surface area (TPSA) is 83.9 Å². The highest BCUT2D eigenvalue weighted by Gasteiger charge is 2.11. The second kappa shape index (κ2) is 5.83. The first-order chi connectivity index (χ1) is 11.0. The lowest BCUT2D eigenvalue weighted by Crippen LogP contribution is -2.35. The van der Waals surface area contributed by atoms with Gasteiger partial charge in [-0.05, 0) is 24.6 Å². The van der Waals surface area contributed by atoms with E-state index in [2.05, 4.69) is 15.0 Å². The molecule has 1 N–H and O–H groups in total. The van der Waals surface area contributed by atoms with E-state index in [0.717, 1.165) is 18.5 Å². The highest BCUT2D eigenvalue weighted by Crippen LogP contribution is 2.19. The molecule has 120 valence electrons. The van der Waals surface area contributed by atoms with Crippen molar-refractivity contribution in [3.8, 4) is 0 Å². The fourth-order valence-corrected chi connectivity index (χ4v) is 2.47. The van der Waals surface area contributed by atoms with Crippen LogP contribution in [0.1, 0.15) is 19.8 Å². The molecule has 0 saturated heterocycles. The molecule has 0 aliphatic rings. The quantitative estimate of drug-likeness (QED) is 0.738. The molecule has 1 aromatic carbocycles. The zero-order valence-corrected chi connectivity index (χ0v) is 13.5. The largest absolute Gasteiger partial charge is 0.378 e. The monoisotopic (exact) mass is 313 g/mol. The molecule has 0 spiro atoms. The van der Waals surface area contributed by atoms with Gasteiger partial charge in [-0.2, -0.15) is 0 Å². The fraction of sp³-hybridized carbons (Fsp3) is 0.375. The summed E-state index contributed by atoms with van der Waals surface area (Å²) in [5.41, 5.74) is 1.86. The van der Waals surface area contributed by atoms with E-state index in [0.29, 0.717) is 17.6 Å². The van der Waals surface area contributed by atoms with Crippen LogP contribution in [0.4, 0.5) is 5.69 Å². The van der Waals surface area contributed by atoms with Gasteiger partial charge in [0.25, 0.3) is 5.56 Å². The summed E-state index contributed by atoms with van der Waals surface area (Å²) in [7, 11) is 3.87. The number of hydrogen-bond acceptors (Lipinski definition) is 5. The summed E-state index contributed by atoms with van der Waals surface area (Å²) in [5.74, 6) is 0. The molecular weight excluding hydrogens is 294 g/mol. The van der Waals surface area contributed by atoms with Crippen molar-refractivity contribution in [2.75, 3.05) is 19.0 Å². The van der Waals surface area contributed by atoms with E-state index in [1.807, 2.05) is 44.1 Å². The molecule has 2 heterocycles. The number of aromatic nitrogens is 4. The Morgan fingerprint density at radius 2 is 1.96 bits per heavy atom. The molecule has 0 atom stereocenters. The average Bonchev–Trinajstić information content (AvgIpc) is 2.52. The number of aromatic amines is 1. The summed E-state index contributed by atoms with van der Waals surface area (Å²) in [6.07, 6.45) is 1.67. The van der Waals surface area contributed by atoms with Crippen molar-refractivity contribution in [2.45, 2.75) is 26.3 Å². The van der Waals surface area contributed by atoms with Crippen molar-refractivity contribution in [3.05, 3.63) is 39.0 Å². The van der Waals surface area contributed by atoms with Crippen LogP contribution in [-0.4, -0.2) is 33.6 Å². The highest BCUT2D eigenvalue weighted by atomic mass is 16.2. The Bertz CT molecular complexity index is 987. The Balaban J connectivity index is 2.26. The third kappa shape index (κ3) is 2.69. The van der Waals surface area contributed by atoms with Gasteiger partial charge in [0.05, 0.1) is 11.0 Å². The molecule has 7 nitrogen and oxygen atoms in total. The number of benzene rings is 1. The zero-order valence-electron chi connectivity index (χ0n) is 13.5. The van der Waals surface area contributed by atoms with Crippen molar-refractivity contribution in [1.82, 2.24) is 19.5 Å². The van der Waals surface area contributed by atoms with Crippen LogP contribution in [0.2, 0.25) is 0 Å². The van der Waals surface area contributed by atoms with E-state index in [1.165, 1.54) is 4.57 Å². The second-order valence-corrected chi connectivity index (χ2v) is 5.73. The summed E-state index contributed by atoms with van der Waals surface area (Å²) < 4.78 is 1.19. The summed E-state index contributed by atoms with van der Waals surface area (Å²) in [5, 5.41) is 0. The first-order valence-corrected chi connectivity index (χ1v) is 7.63. The Morgan fingerprint density at radius 1 is 1.17 bits per heavy atom. The average molecular weight is 313 g/mol. The Labute approximate surface area is 132 Å². The minimum Gasteiger partial charge on any atom is -0.378 e. The van der Waals surface area contributed by atoms with E-state index in [9.17, 15) is 9.59 Å². The molecule has 0 bridgehead atoms. The first-order valence-electron chi connectivity index (χ1n) is 7.63. The Hall–Kier alpha value is -2.70. The molecular formula is C16H19N5O2. The van der Waals surface area contributed by atoms with E-state index >= 15 is 0 Å². The number of nitrogens with zero attached hydrogens (tertiary/aromatic N) is 4. The van der Waals surface area contributed by atoms with Crippen LogP contribution in [-0.2, 0) is 6.54 Å². The van der Waals surface area contributed by atoms with Gasteiger partial charge in [-0.1, -0.05) is 13.3 Å². The molecule has 23 heavy (non-hydrogen) atoms. The van der Waals surface area contributed by atoms with Gasteiger partial charge in [0.2, 0.25) is 0 Å². The van der Waals surface area contributed by atoms with E-state index < -0.39 is 5.69 Å². The van der Waals surface area contributed by atoms with Crippen molar-refractivity contribution >= 4 is 27.9 Å². The summed E-state index contributed by atoms with van der Waals surface area (Å²) >= 11 is 0. The lowest BCUT2D eigenvalue weighted by molar-refractivity contribution is 0.588. The number of nitrogens with one attached hydrogen (secondary N) is 1. The molecule has 0 saturated carbocycles. The summed E-state index contributed by atoms with van der Waals surface area (Å²) in [4.78, 5) is 38.0. The third-order valence-electron chi connectivity index (χ3n) is 3.82. The molecule has 0 fully saturated rings. The number of H-pyrrole nitrogens is 1. The zero-order chi connectivity index (χ0) is 16.6. The molecule has 3 aromatic rings. The second-order valence-electron chi connectivity index (χ2n) is 5.73. The highest BCUT2D eigenvalue weighted by molar-refractivity contribution is 5.85. The maximum atomic E-state index is 12.5. The fourth-order valence-electron chi connectivity index (χ4n) is 2.47. The van der Waals surface area contributed by atoms with Crippen LogP contribution < -0.4 is 16.1 Å². The molecule has 0 unspecified atom stereocenters. The van der Waals surface area contributed by atoms with Gasteiger partial charge in [0, 0.05) is 26.3 Å². The van der Waals surface area contributed by atoms with Gasteiger partial charge in [-0.25, -0.2) is 14.8 Å². The minimum atomic E-state index is -0.437. The van der Waals surface area contributed by atoms with Crippen LogP contribution in [0.3, 0.4) is 0 Å². The van der Waals surface area contributed by atoms with Crippen LogP contribution in [0.15, 0.2) is 27.8 Å². The van der Waals surface area contributed by atoms with Crippen molar-refractivity contribution in [2.24, 2.45) is 0 Å². The number of fused-ring (bicyclic) bond motifs is 2. The van der Waals surface area contributed by atoms with Crippen molar-refractivity contribution < 1.29 is 0 Å². The summed E-state index contributed by atoms with van der Waals surface area (Å²) in [6, 6.07) is 5.63. The van der Waals surface area contributed by atoms with Gasteiger partial charge in [-0.3, -0.25) is 14.3 Å². The van der Waals surface area contributed by atoms with Crippen molar-refractivity contribution in [1.29, 1.82) is 0 Å². The standard InChI is InChI=1S/C16H19N5O2/c1-4-5-8-21-15(22)13-14(19-16(21)23)18-12-9-10(20(2)3)6-7-11(12)17-13/h6-7,9H,4-5,8H2,1-3H3,(H,18,19,23). The number of rotatable bonds is 4. The first kappa shape index (κ1) is 15.2. The number of hydrogen-bond donors (Lipinski definition) is 1. The SMILES string of the molecule is CCCCn1c(=O)[nH]c2nc3cc(N(C)C)ccc3nc2c1=O. The number of unbranched alkanes of at least 4 members (excludes halogenated alkanes) is 1. The van der Waals surface area contributed by atoms with E-state index in [1.54, 1.807) is 0 Å².